The smallest absolute Gasteiger partial charge is 0.328 e. The van der Waals surface area contributed by atoms with Gasteiger partial charge in [-0.2, -0.15) is 5.10 Å². The highest BCUT2D eigenvalue weighted by molar-refractivity contribution is 5.86. The summed E-state index contributed by atoms with van der Waals surface area (Å²) in [4.78, 5) is 10.5. The molecule has 0 aliphatic heterocycles. The number of nitrogens with zero attached hydrogens (tertiary/aromatic N) is 2. The zero-order valence-electron chi connectivity index (χ0n) is 9.67. The van der Waals surface area contributed by atoms with E-state index in [1.807, 2.05) is 6.92 Å². The van der Waals surface area contributed by atoms with Gasteiger partial charge in [-0.3, -0.25) is 0 Å². The average Bonchev–Trinajstić information content (AvgIpc) is 2.73. The van der Waals surface area contributed by atoms with Gasteiger partial charge >= 0.3 is 5.97 Å². The summed E-state index contributed by atoms with van der Waals surface area (Å²) < 4.78 is 15.2. The molecule has 2 rings (SSSR count). The molecular formula is C13H11FN2O2. The highest BCUT2D eigenvalue weighted by Crippen LogP contribution is 2.19. The molecule has 0 amide bonds. The molecule has 1 heterocycles. The lowest BCUT2D eigenvalue weighted by molar-refractivity contribution is -0.131. The summed E-state index contributed by atoms with van der Waals surface area (Å²) in [5, 5.41) is 12.8. The van der Waals surface area contributed by atoms with Crippen molar-refractivity contribution < 1.29 is 14.3 Å². The standard InChI is InChI=1S/C13H11FN2O2/c1-9-7-8-16(15-9)12-4-2-3-11(14)10(12)5-6-13(17)18/h2-8H,1H3,(H,17,18)/b6-5+. The van der Waals surface area contributed by atoms with E-state index in [9.17, 15) is 9.18 Å². The molecule has 0 aliphatic rings. The molecule has 1 aromatic carbocycles. The fraction of sp³-hybridized carbons (Fsp3) is 0.0769. The maximum atomic E-state index is 13.7. The molecule has 0 atom stereocenters. The second kappa shape index (κ2) is 4.83. The van der Waals surface area contributed by atoms with Crippen LogP contribution in [0, 0.1) is 12.7 Å². The number of aryl methyl sites for hydroxylation is 1. The van der Waals surface area contributed by atoms with Gasteiger partial charge in [-0.1, -0.05) is 6.07 Å². The van der Waals surface area contributed by atoms with Crippen molar-refractivity contribution in [1.82, 2.24) is 9.78 Å². The number of carboxylic acids is 1. The monoisotopic (exact) mass is 246 g/mol. The summed E-state index contributed by atoms with van der Waals surface area (Å²) in [5.74, 6) is -1.61. The minimum Gasteiger partial charge on any atom is -0.478 e. The van der Waals surface area contributed by atoms with Gasteiger partial charge in [0.15, 0.2) is 0 Å². The van der Waals surface area contributed by atoms with Crippen molar-refractivity contribution >= 4 is 12.0 Å². The summed E-state index contributed by atoms with van der Waals surface area (Å²) in [5.41, 5.74) is 1.50. The fourth-order valence-corrected chi connectivity index (χ4v) is 1.59. The van der Waals surface area contributed by atoms with Gasteiger partial charge in [0, 0.05) is 17.8 Å². The molecule has 0 spiro atoms. The third-order valence-electron chi connectivity index (χ3n) is 2.39. The molecule has 1 aromatic heterocycles. The molecule has 0 fully saturated rings. The first-order valence-corrected chi connectivity index (χ1v) is 5.30. The molecule has 92 valence electrons. The van der Waals surface area contributed by atoms with Crippen molar-refractivity contribution in [2.24, 2.45) is 0 Å². The van der Waals surface area contributed by atoms with Crippen LogP contribution in [0.2, 0.25) is 0 Å². The van der Waals surface area contributed by atoms with Crippen LogP contribution in [0.3, 0.4) is 0 Å². The first-order chi connectivity index (χ1) is 8.58. The SMILES string of the molecule is Cc1ccn(-c2cccc(F)c2/C=C/C(=O)O)n1. The van der Waals surface area contributed by atoms with Crippen LogP contribution in [-0.2, 0) is 4.79 Å². The summed E-state index contributed by atoms with van der Waals surface area (Å²) in [7, 11) is 0. The van der Waals surface area contributed by atoms with Gasteiger partial charge in [-0.15, -0.1) is 0 Å². The Morgan fingerprint density at radius 2 is 2.22 bits per heavy atom. The number of hydrogen-bond donors (Lipinski definition) is 1. The van der Waals surface area contributed by atoms with Crippen molar-refractivity contribution in [3.05, 3.63) is 53.6 Å². The first kappa shape index (κ1) is 12.0. The van der Waals surface area contributed by atoms with Crippen LogP contribution in [0.25, 0.3) is 11.8 Å². The molecule has 0 radical (unpaired) electrons. The molecule has 0 saturated heterocycles. The van der Waals surface area contributed by atoms with E-state index in [0.717, 1.165) is 11.8 Å². The van der Waals surface area contributed by atoms with Crippen LogP contribution < -0.4 is 0 Å². The Bertz CT molecular complexity index is 617. The van der Waals surface area contributed by atoms with Crippen molar-refractivity contribution in [2.75, 3.05) is 0 Å². The van der Waals surface area contributed by atoms with Crippen LogP contribution in [-0.4, -0.2) is 20.9 Å². The van der Waals surface area contributed by atoms with E-state index in [0.29, 0.717) is 5.69 Å². The van der Waals surface area contributed by atoms with Crippen LogP contribution in [0.15, 0.2) is 36.5 Å². The van der Waals surface area contributed by atoms with Crippen molar-refractivity contribution in [3.63, 3.8) is 0 Å². The van der Waals surface area contributed by atoms with Crippen LogP contribution in [0.1, 0.15) is 11.3 Å². The van der Waals surface area contributed by atoms with E-state index < -0.39 is 11.8 Å². The van der Waals surface area contributed by atoms with E-state index in [1.165, 1.54) is 16.8 Å². The minimum absolute atomic E-state index is 0.197. The molecule has 4 nitrogen and oxygen atoms in total. The Morgan fingerprint density at radius 1 is 1.44 bits per heavy atom. The number of carboxylic acid groups (broad SMARTS) is 1. The summed E-state index contributed by atoms with van der Waals surface area (Å²) in [6.45, 7) is 1.82. The van der Waals surface area contributed by atoms with Crippen LogP contribution >= 0.6 is 0 Å². The van der Waals surface area contributed by atoms with Gasteiger partial charge in [0.05, 0.1) is 11.4 Å². The fourth-order valence-electron chi connectivity index (χ4n) is 1.59. The van der Waals surface area contributed by atoms with Crippen LogP contribution in [0.4, 0.5) is 4.39 Å². The molecule has 0 aliphatic carbocycles. The summed E-state index contributed by atoms with van der Waals surface area (Å²) in [6.07, 6.45) is 3.82. The zero-order chi connectivity index (χ0) is 13.1. The Kier molecular flexibility index (Phi) is 3.23. The molecule has 0 unspecified atom stereocenters. The second-order valence-corrected chi connectivity index (χ2v) is 3.75. The van der Waals surface area contributed by atoms with Crippen molar-refractivity contribution in [1.29, 1.82) is 0 Å². The van der Waals surface area contributed by atoms with E-state index >= 15 is 0 Å². The van der Waals surface area contributed by atoms with Gasteiger partial charge < -0.3 is 5.11 Å². The van der Waals surface area contributed by atoms with E-state index in [2.05, 4.69) is 5.10 Å². The first-order valence-electron chi connectivity index (χ1n) is 5.30. The lowest BCUT2D eigenvalue weighted by Crippen LogP contribution is -2.00. The molecule has 5 heteroatoms. The zero-order valence-corrected chi connectivity index (χ0v) is 9.67. The third kappa shape index (κ3) is 2.45. The Balaban J connectivity index is 2.54. The minimum atomic E-state index is -1.12. The molecular weight excluding hydrogens is 235 g/mol. The normalized spacial score (nSPS) is 11.0. The van der Waals surface area contributed by atoms with Crippen molar-refractivity contribution in [2.45, 2.75) is 6.92 Å². The highest BCUT2D eigenvalue weighted by Gasteiger charge is 2.08. The Hall–Kier alpha value is -2.43. The predicted octanol–water partition coefficient (Wildman–Crippen LogP) is 2.42. The maximum Gasteiger partial charge on any atom is 0.328 e. The number of hydrogen-bond acceptors (Lipinski definition) is 2. The number of rotatable bonds is 3. The topological polar surface area (TPSA) is 55.1 Å². The Labute approximate surface area is 103 Å². The van der Waals surface area contributed by atoms with E-state index in [4.69, 9.17) is 5.11 Å². The van der Waals surface area contributed by atoms with Gasteiger partial charge in [-0.05, 0) is 31.2 Å². The lowest BCUT2D eigenvalue weighted by atomic mass is 10.1. The van der Waals surface area contributed by atoms with Crippen LogP contribution in [0.5, 0.6) is 0 Å². The number of halogens is 1. The van der Waals surface area contributed by atoms with Gasteiger partial charge in [0.25, 0.3) is 0 Å². The molecule has 0 bridgehead atoms. The lowest BCUT2D eigenvalue weighted by Gasteiger charge is -2.06. The van der Waals surface area contributed by atoms with Gasteiger partial charge in [-0.25, -0.2) is 13.9 Å². The summed E-state index contributed by atoms with van der Waals surface area (Å²) in [6, 6.07) is 6.30. The highest BCUT2D eigenvalue weighted by atomic mass is 19.1. The quantitative estimate of drug-likeness (QED) is 0.846. The number of aromatic nitrogens is 2. The van der Waals surface area contributed by atoms with E-state index in [-0.39, 0.29) is 5.56 Å². The maximum absolute atomic E-state index is 13.7. The second-order valence-electron chi connectivity index (χ2n) is 3.75. The Morgan fingerprint density at radius 3 is 2.83 bits per heavy atom. The molecule has 0 saturated carbocycles. The van der Waals surface area contributed by atoms with Gasteiger partial charge in [0.1, 0.15) is 5.82 Å². The summed E-state index contributed by atoms with van der Waals surface area (Å²) >= 11 is 0. The molecule has 1 N–H and O–H groups in total. The third-order valence-corrected chi connectivity index (χ3v) is 2.39. The van der Waals surface area contributed by atoms with E-state index in [1.54, 1.807) is 24.4 Å². The number of carbonyl (C=O) groups is 1. The number of benzene rings is 1. The van der Waals surface area contributed by atoms with Crippen molar-refractivity contribution in [3.8, 4) is 5.69 Å². The molecule has 2 aromatic rings. The predicted molar refractivity (Wildman–Crippen MR) is 64.9 cm³/mol. The number of aliphatic carboxylic acids is 1. The molecule has 18 heavy (non-hydrogen) atoms. The average molecular weight is 246 g/mol. The van der Waals surface area contributed by atoms with Gasteiger partial charge in [0.2, 0.25) is 0 Å². The largest absolute Gasteiger partial charge is 0.478 e.